The number of ether oxygens (including phenoxy) is 1. The van der Waals surface area contributed by atoms with E-state index in [1.54, 1.807) is 24.3 Å². The van der Waals surface area contributed by atoms with Gasteiger partial charge in [0.1, 0.15) is 5.78 Å². The first-order chi connectivity index (χ1) is 12.4. The first kappa shape index (κ1) is 19.1. The maximum Gasteiger partial charge on any atom is 0.338 e. The van der Waals surface area contributed by atoms with E-state index in [1.807, 2.05) is 19.9 Å². The lowest BCUT2D eigenvalue weighted by atomic mass is 9.68. The molecule has 0 radical (unpaired) electrons. The Morgan fingerprint density at radius 1 is 1.23 bits per heavy atom. The van der Waals surface area contributed by atoms with Gasteiger partial charge >= 0.3 is 5.97 Å². The predicted octanol–water partition coefficient (Wildman–Crippen LogP) is 3.87. The number of benzene rings is 1. The molecule has 3 rings (SSSR count). The highest BCUT2D eigenvalue weighted by Gasteiger charge is 2.56. The van der Waals surface area contributed by atoms with E-state index in [-0.39, 0.29) is 36.1 Å². The number of aliphatic hydroxyl groups is 1. The minimum absolute atomic E-state index is 0.0502. The van der Waals surface area contributed by atoms with E-state index in [4.69, 9.17) is 4.74 Å². The van der Waals surface area contributed by atoms with E-state index in [1.165, 1.54) is 0 Å². The molecule has 0 bridgehead atoms. The Bertz CT molecular complexity index is 655. The quantitative estimate of drug-likeness (QED) is 0.830. The van der Waals surface area contributed by atoms with Crippen LogP contribution in [-0.4, -0.2) is 29.6 Å². The third-order valence-corrected chi connectivity index (χ3v) is 6.87. The molecule has 2 aliphatic carbocycles. The summed E-state index contributed by atoms with van der Waals surface area (Å²) in [7, 11) is 0. The molecule has 1 aromatic rings. The second-order valence-electron chi connectivity index (χ2n) is 8.45. The fourth-order valence-electron chi connectivity index (χ4n) is 5.10. The van der Waals surface area contributed by atoms with Crippen LogP contribution in [0.15, 0.2) is 30.3 Å². The zero-order valence-electron chi connectivity index (χ0n) is 16.0. The molecular formula is C22H30O4. The van der Waals surface area contributed by atoms with Crippen LogP contribution in [0.25, 0.3) is 0 Å². The van der Waals surface area contributed by atoms with Gasteiger partial charge in [0.15, 0.2) is 0 Å². The molecule has 0 saturated heterocycles. The average molecular weight is 358 g/mol. The molecule has 0 unspecified atom stereocenters. The summed E-state index contributed by atoms with van der Waals surface area (Å²) in [5.41, 5.74) is -0.128. The Hall–Kier alpha value is -1.68. The summed E-state index contributed by atoms with van der Waals surface area (Å²) in [6.07, 6.45) is 2.88. The number of fused-ring (bicyclic) bond motifs is 1. The third-order valence-electron chi connectivity index (χ3n) is 6.87. The first-order valence-electron chi connectivity index (χ1n) is 9.80. The number of carbonyl (C=O) groups excluding carboxylic acids is 2. The van der Waals surface area contributed by atoms with Crippen LogP contribution < -0.4 is 0 Å². The standard InChI is InChI=1S/C22H30O4/c1-14-9-10-17(20(24)22(3)18(14)11-12-19(22)23)15(2)13-26-21(25)16-7-5-4-6-8-16/h4-8,14-15,17-19,23H,9-13H2,1-3H3/t14-,15+,17-,18+,19-,22-/m0/s1. The molecule has 0 spiro atoms. The van der Waals surface area contributed by atoms with Crippen LogP contribution in [0, 0.1) is 29.1 Å². The molecule has 1 aromatic carbocycles. The summed E-state index contributed by atoms with van der Waals surface area (Å²) in [5, 5.41) is 10.6. The van der Waals surface area contributed by atoms with Gasteiger partial charge in [-0.05, 0) is 56.6 Å². The van der Waals surface area contributed by atoms with Crippen LogP contribution in [0.5, 0.6) is 0 Å². The van der Waals surface area contributed by atoms with Crippen molar-refractivity contribution in [2.24, 2.45) is 29.1 Å². The SMILES string of the molecule is C[C@H](COC(=O)c1ccccc1)[C@@H]1CC[C@H](C)[C@H]2CC[C@H](O)[C@@]2(C)C1=O. The van der Waals surface area contributed by atoms with E-state index in [0.717, 1.165) is 19.3 Å². The Balaban J connectivity index is 1.69. The van der Waals surface area contributed by atoms with Crippen molar-refractivity contribution in [1.82, 2.24) is 0 Å². The van der Waals surface area contributed by atoms with Gasteiger partial charge in [0.25, 0.3) is 0 Å². The molecule has 142 valence electrons. The van der Waals surface area contributed by atoms with E-state index < -0.39 is 11.5 Å². The highest BCUT2D eigenvalue weighted by atomic mass is 16.5. The van der Waals surface area contributed by atoms with Crippen molar-refractivity contribution < 1.29 is 19.4 Å². The molecule has 2 fully saturated rings. The average Bonchev–Trinajstić information content (AvgIpc) is 2.91. The monoisotopic (exact) mass is 358 g/mol. The summed E-state index contributed by atoms with van der Waals surface area (Å²) in [5.74, 6) is 0.297. The van der Waals surface area contributed by atoms with Gasteiger partial charge in [-0.1, -0.05) is 32.0 Å². The fourth-order valence-corrected chi connectivity index (χ4v) is 5.10. The normalized spacial score (nSPS) is 35.5. The van der Waals surface area contributed by atoms with E-state index in [0.29, 0.717) is 17.9 Å². The number of hydrogen-bond donors (Lipinski definition) is 1. The summed E-state index contributed by atoms with van der Waals surface area (Å²) in [6.45, 7) is 6.37. The molecule has 4 nitrogen and oxygen atoms in total. The van der Waals surface area contributed by atoms with E-state index in [2.05, 4.69) is 6.92 Å². The van der Waals surface area contributed by atoms with Gasteiger partial charge in [0.05, 0.1) is 23.7 Å². The lowest BCUT2D eigenvalue weighted by Crippen LogP contribution is -2.45. The summed E-state index contributed by atoms with van der Waals surface area (Å²) >= 11 is 0. The Morgan fingerprint density at radius 3 is 2.62 bits per heavy atom. The smallest absolute Gasteiger partial charge is 0.338 e. The van der Waals surface area contributed by atoms with Gasteiger partial charge in [-0.2, -0.15) is 0 Å². The molecule has 0 aromatic heterocycles. The van der Waals surface area contributed by atoms with Crippen molar-refractivity contribution in [3.05, 3.63) is 35.9 Å². The van der Waals surface area contributed by atoms with Crippen molar-refractivity contribution >= 4 is 11.8 Å². The van der Waals surface area contributed by atoms with Crippen molar-refractivity contribution in [3.63, 3.8) is 0 Å². The van der Waals surface area contributed by atoms with Gasteiger partial charge in [0, 0.05) is 11.8 Å². The van der Waals surface area contributed by atoms with Crippen LogP contribution in [0.1, 0.15) is 56.8 Å². The number of ketones is 1. The topological polar surface area (TPSA) is 63.6 Å². The number of esters is 1. The highest BCUT2D eigenvalue weighted by Crippen LogP contribution is 2.53. The molecule has 0 amide bonds. The lowest BCUT2D eigenvalue weighted by Gasteiger charge is -2.36. The number of Topliss-reactive ketones (excluding diaryl/α,β-unsaturated/α-hetero) is 1. The number of aliphatic hydroxyl groups excluding tert-OH is 1. The summed E-state index contributed by atoms with van der Waals surface area (Å²) in [4.78, 5) is 25.5. The Labute approximate surface area is 155 Å². The van der Waals surface area contributed by atoms with Gasteiger partial charge < -0.3 is 9.84 Å². The van der Waals surface area contributed by atoms with Crippen molar-refractivity contribution in [2.75, 3.05) is 6.61 Å². The van der Waals surface area contributed by atoms with Crippen LogP contribution >= 0.6 is 0 Å². The van der Waals surface area contributed by atoms with Gasteiger partial charge in [0.2, 0.25) is 0 Å². The molecule has 6 atom stereocenters. The van der Waals surface area contributed by atoms with E-state index in [9.17, 15) is 14.7 Å². The first-order valence-corrected chi connectivity index (χ1v) is 9.80. The maximum absolute atomic E-state index is 13.4. The van der Waals surface area contributed by atoms with Crippen LogP contribution in [0.3, 0.4) is 0 Å². The van der Waals surface area contributed by atoms with Crippen LogP contribution in [-0.2, 0) is 9.53 Å². The number of carbonyl (C=O) groups is 2. The highest BCUT2D eigenvalue weighted by molar-refractivity contribution is 5.90. The molecular weight excluding hydrogens is 328 g/mol. The third kappa shape index (κ3) is 3.32. The maximum atomic E-state index is 13.4. The van der Waals surface area contributed by atoms with Gasteiger partial charge in [-0.3, -0.25) is 4.79 Å². The summed E-state index contributed by atoms with van der Waals surface area (Å²) in [6, 6.07) is 8.92. The number of hydrogen-bond acceptors (Lipinski definition) is 4. The second kappa shape index (κ2) is 7.51. The summed E-state index contributed by atoms with van der Waals surface area (Å²) < 4.78 is 5.48. The minimum Gasteiger partial charge on any atom is -0.462 e. The van der Waals surface area contributed by atoms with Gasteiger partial charge in [-0.15, -0.1) is 0 Å². The zero-order valence-corrected chi connectivity index (χ0v) is 16.0. The lowest BCUT2D eigenvalue weighted by molar-refractivity contribution is -0.141. The van der Waals surface area contributed by atoms with Crippen LogP contribution in [0.2, 0.25) is 0 Å². The molecule has 2 aliphatic rings. The molecule has 2 saturated carbocycles. The molecule has 26 heavy (non-hydrogen) atoms. The molecule has 0 aliphatic heterocycles. The fraction of sp³-hybridized carbons (Fsp3) is 0.636. The van der Waals surface area contributed by atoms with Crippen molar-refractivity contribution in [1.29, 1.82) is 0 Å². The van der Waals surface area contributed by atoms with Crippen molar-refractivity contribution in [3.8, 4) is 0 Å². The number of rotatable bonds is 4. The largest absolute Gasteiger partial charge is 0.462 e. The molecule has 0 heterocycles. The predicted molar refractivity (Wildman–Crippen MR) is 99.6 cm³/mol. The molecule has 4 heteroatoms. The van der Waals surface area contributed by atoms with Crippen molar-refractivity contribution in [2.45, 2.75) is 52.6 Å². The Kier molecular flexibility index (Phi) is 5.52. The molecule has 1 N–H and O–H groups in total. The van der Waals surface area contributed by atoms with Gasteiger partial charge in [-0.25, -0.2) is 4.79 Å². The van der Waals surface area contributed by atoms with E-state index >= 15 is 0 Å². The minimum atomic E-state index is -0.654. The Morgan fingerprint density at radius 2 is 1.92 bits per heavy atom. The van der Waals surface area contributed by atoms with Crippen LogP contribution in [0.4, 0.5) is 0 Å². The second-order valence-corrected chi connectivity index (χ2v) is 8.45. The zero-order chi connectivity index (χ0) is 18.9.